The van der Waals surface area contributed by atoms with Gasteiger partial charge in [0.2, 0.25) is 0 Å². The number of hydrogen-bond donors (Lipinski definition) is 0. The van der Waals surface area contributed by atoms with Crippen LogP contribution in [0.25, 0.3) is 85.9 Å². The van der Waals surface area contributed by atoms with Crippen molar-refractivity contribution in [3.8, 4) is 33.4 Å². The topological polar surface area (TPSA) is 3.24 Å². The first-order valence-corrected chi connectivity index (χ1v) is 22.7. The van der Waals surface area contributed by atoms with Crippen molar-refractivity contribution in [3.05, 3.63) is 247 Å². The Morgan fingerprint density at radius 2 is 0.746 bits per heavy atom. The molecular formula is C61H37NS. The zero-order chi connectivity index (χ0) is 41.2. The van der Waals surface area contributed by atoms with Gasteiger partial charge in [-0.05, 0) is 102 Å². The highest BCUT2D eigenvalue weighted by molar-refractivity contribution is 7.26. The van der Waals surface area contributed by atoms with Crippen molar-refractivity contribution in [2.45, 2.75) is 5.41 Å². The molecule has 0 amide bonds. The summed E-state index contributed by atoms with van der Waals surface area (Å²) in [6, 6.07) is 84.2. The third-order valence-electron chi connectivity index (χ3n) is 14.1. The predicted molar refractivity (Wildman–Crippen MR) is 268 cm³/mol. The molecule has 0 fully saturated rings. The lowest BCUT2D eigenvalue weighted by atomic mass is 9.70. The van der Waals surface area contributed by atoms with Crippen molar-refractivity contribution in [3.63, 3.8) is 0 Å². The van der Waals surface area contributed by atoms with Gasteiger partial charge < -0.3 is 4.90 Å². The first kappa shape index (κ1) is 34.9. The lowest BCUT2D eigenvalue weighted by Gasteiger charge is -2.36. The van der Waals surface area contributed by atoms with E-state index in [0.717, 1.165) is 11.4 Å². The van der Waals surface area contributed by atoms with Crippen molar-refractivity contribution in [2.24, 2.45) is 0 Å². The molecule has 0 radical (unpaired) electrons. The van der Waals surface area contributed by atoms with Gasteiger partial charge in [-0.1, -0.05) is 194 Å². The van der Waals surface area contributed by atoms with Crippen LogP contribution in [0.3, 0.4) is 0 Å². The summed E-state index contributed by atoms with van der Waals surface area (Å²) in [5.74, 6) is 0. The maximum absolute atomic E-state index is 2.60. The number of nitrogens with zero attached hydrogens (tertiary/aromatic N) is 1. The lowest BCUT2D eigenvalue weighted by Crippen LogP contribution is -2.28. The summed E-state index contributed by atoms with van der Waals surface area (Å²) in [6.07, 6.45) is 0. The fourth-order valence-corrected chi connectivity index (χ4v) is 12.8. The number of rotatable bonds is 4. The second kappa shape index (κ2) is 13.1. The quantitative estimate of drug-likeness (QED) is 0.160. The van der Waals surface area contributed by atoms with Crippen LogP contribution < -0.4 is 4.90 Å². The van der Waals surface area contributed by atoms with Gasteiger partial charge in [0.05, 0.1) is 16.8 Å². The number of para-hydroxylation sites is 1. The molecule has 0 saturated carbocycles. The van der Waals surface area contributed by atoms with E-state index < -0.39 is 5.41 Å². The average Bonchev–Trinajstić information content (AvgIpc) is 3.99. The second-order valence-corrected chi connectivity index (χ2v) is 18.1. The molecule has 0 N–H and O–H groups in total. The van der Waals surface area contributed by atoms with E-state index in [1.54, 1.807) is 0 Å². The lowest BCUT2D eigenvalue weighted by molar-refractivity contribution is 0.793. The van der Waals surface area contributed by atoms with E-state index in [4.69, 9.17) is 0 Å². The molecule has 2 aliphatic carbocycles. The molecule has 0 unspecified atom stereocenters. The molecule has 1 aromatic heterocycles. The van der Waals surface area contributed by atoms with Crippen LogP contribution in [0.1, 0.15) is 22.3 Å². The number of anilines is 3. The summed E-state index contributed by atoms with van der Waals surface area (Å²) in [7, 11) is 0. The van der Waals surface area contributed by atoms with Crippen LogP contribution in [0.2, 0.25) is 0 Å². The summed E-state index contributed by atoms with van der Waals surface area (Å²) in [5.41, 5.74) is 15.9. The highest BCUT2D eigenvalue weighted by Crippen LogP contribution is 2.65. The first-order chi connectivity index (χ1) is 31.3. The average molecular weight is 816 g/mol. The summed E-state index contributed by atoms with van der Waals surface area (Å²) in [6.45, 7) is 0. The summed E-state index contributed by atoms with van der Waals surface area (Å²) in [5, 5.41) is 10.2. The molecule has 0 aliphatic heterocycles. The molecule has 0 saturated heterocycles. The largest absolute Gasteiger partial charge is 0.309 e. The van der Waals surface area contributed by atoms with E-state index in [9.17, 15) is 0 Å². The molecule has 14 rings (SSSR count). The molecule has 1 nitrogen and oxygen atoms in total. The Labute approximate surface area is 369 Å². The van der Waals surface area contributed by atoms with Crippen molar-refractivity contribution in [2.75, 3.05) is 4.90 Å². The van der Waals surface area contributed by atoms with Crippen molar-refractivity contribution in [1.82, 2.24) is 0 Å². The van der Waals surface area contributed by atoms with Gasteiger partial charge in [0.25, 0.3) is 0 Å². The van der Waals surface area contributed by atoms with E-state index in [1.807, 2.05) is 11.3 Å². The zero-order valence-corrected chi connectivity index (χ0v) is 35.0. The molecule has 12 aromatic rings. The molecule has 2 aliphatic rings. The second-order valence-electron chi connectivity index (χ2n) is 17.0. The Morgan fingerprint density at radius 1 is 0.302 bits per heavy atom. The molecule has 2 heteroatoms. The Balaban J connectivity index is 1.13. The maximum Gasteiger partial charge on any atom is 0.0746 e. The van der Waals surface area contributed by atoms with Crippen LogP contribution in [0.5, 0.6) is 0 Å². The molecule has 0 atom stereocenters. The van der Waals surface area contributed by atoms with Gasteiger partial charge in [-0.3, -0.25) is 0 Å². The zero-order valence-electron chi connectivity index (χ0n) is 34.2. The van der Waals surface area contributed by atoms with Crippen molar-refractivity contribution in [1.29, 1.82) is 0 Å². The normalized spacial score (nSPS) is 13.2. The summed E-state index contributed by atoms with van der Waals surface area (Å²) >= 11 is 1.89. The van der Waals surface area contributed by atoms with Gasteiger partial charge in [-0.15, -0.1) is 11.3 Å². The van der Waals surface area contributed by atoms with Crippen LogP contribution in [0.4, 0.5) is 17.1 Å². The minimum atomic E-state index is -0.534. The minimum Gasteiger partial charge on any atom is -0.309 e. The van der Waals surface area contributed by atoms with Crippen LogP contribution in [-0.2, 0) is 5.41 Å². The standard InChI is InChI=1S/C61H37NS/c1-2-19-41-39(17-1)40-18-3-4-20-42(40)52-37-38(35-36-43(41)52)62(56-32-13-8-24-47(56)50-27-15-28-51-48-25-9-14-34-58(48)63-60(50)51)57-33-16-26-49-46-23-7-12-31-55(46)61(59(49)57)53-29-10-5-21-44(53)45-22-6-11-30-54(45)61/h1-37H. The fourth-order valence-electron chi connectivity index (χ4n) is 11.6. The highest BCUT2D eigenvalue weighted by atomic mass is 32.1. The Bertz CT molecular complexity index is 3790. The van der Waals surface area contributed by atoms with Gasteiger partial charge in [0.1, 0.15) is 0 Å². The maximum atomic E-state index is 2.60. The Kier molecular flexibility index (Phi) is 7.26. The Hall–Kier alpha value is -7.78. The van der Waals surface area contributed by atoms with Crippen LogP contribution in [0.15, 0.2) is 224 Å². The number of benzene rings is 11. The minimum absolute atomic E-state index is 0.534. The van der Waals surface area contributed by atoms with Crippen LogP contribution in [0, 0.1) is 0 Å². The summed E-state index contributed by atoms with van der Waals surface area (Å²) < 4.78 is 2.62. The van der Waals surface area contributed by atoms with Gasteiger partial charge in [-0.25, -0.2) is 0 Å². The number of hydrogen-bond acceptors (Lipinski definition) is 2. The van der Waals surface area contributed by atoms with Gasteiger partial charge in [0, 0.05) is 42.6 Å². The smallest absolute Gasteiger partial charge is 0.0746 e. The first-order valence-electron chi connectivity index (χ1n) is 21.8. The monoisotopic (exact) mass is 815 g/mol. The summed E-state index contributed by atoms with van der Waals surface area (Å²) in [4.78, 5) is 2.60. The van der Waals surface area contributed by atoms with Crippen molar-refractivity contribution < 1.29 is 0 Å². The third-order valence-corrected chi connectivity index (χ3v) is 15.3. The van der Waals surface area contributed by atoms with E-state index in [2.05, 4.69) is 229 Å². The molecule has 292 valence electrons. The molecule has 11 aromatic carbocycles. The predicted octanol–water partition coefficient (Wildman–Crippen LogP) is 17.0. The SMILES string of the molecule is c1ccc(N(c2ccc3c4ccccc4c4ccccc4c3c2)c2cccc3c2C2(c4ccccc4-c4ccccc42)c2ccccc2-3)c(-c2cccc3c2sc2ccccc23)c1. The van der Waals surface area contributed by atoms with E-state index in [0.29, 0.717) is 0 Å². The highest BCUT2D eigenvalue weighted by Gasteiger charge is 2.53. The molecule has 1 heterocycles. The van der Waals surface area contributed by atoms with Crippen LogP contribution >= 0.6 is 11.3 Å². The molecule has 0 bridgehead atoms. The van der Waals surface area contributed by atoms with Gasteiger partial charge >= 0.3 is 0 Å². The fraction of sp³-hybridized carbons (Fsp3) is 0.0164. The number of fused-ring (bicyclic) bond motifs is 19. The van der Waals surface area contributed by atoms with E-state index >= 15 is 0 Å². The molecular weight excluding hydrogens is 779 g/mol. The number of thiophene rings is 1. The third kappa shape index (κ3) is 4.66. The Morgan fingerprint density at radius 3 is 1.41 bits per heavy atom. The van der Waals surface area contributed by atoms with E-state index in [1.165, 1.54) is 114 Å². The van der Waals surface area contributed by atoms with Crippen molar-refractivity contribution >= 4 is 80.9 Å². The van der Waals surface area contributed by atoms with Gasteiger partial charge in [0.15, 0.2) is 0 Å². The molecule has 1 spiro atoms. The van der Waals surface area contributed by atoms with Gasteiger partial charge in [-0.2, -0.15) is 0 Å². The van der Waals surface area contributed by atoms with Crippen LogP contribution in [-0.4, -0.2) is 0 Å². The molecule has 63 heavy (non-hydrogen) atoms. The van der Waals surface area contributed by atoms with E-state index in [-0.39, 0.29) is 0 Å².